The van der Waals surface area contributed by atoms with E-state index in [9.17, 15) is 4.79 Å². The van der Waals surface area contributed by atoms with Crippen LogP contribution < -0.4 is 11.1 Å². The number of hydrogen-bond acceptors (Lipinski definition) is 3. The smallest absolute Gasteiger partial charge is 0.220 e. The van der Waals surface area contributed by atoms with Crippen LogP contribution in [0.3, 0.4) is 0 Å². The van der Waals surface area contributed by atoms with Gasteiger partial charge in [0.2, 0.25) is 5.91 Å². The molecule has 0 spiro atoms. The Hall–Kier alpha value is -0.390. The number of halogens is 1. The average molecular weight is 331 g/mol. The molecule has 3 nitrogen and oxygen atoms in total. The minimum absolute atomic E-state index is 0.157. The lowest BCUT2D eigenvalue weighted by Gasteiger charge is -2.19. The third-order valence-electron chi connectivity index (χ3n) is 3.53. The largest absolute Gasteiger partial charge is 0.353 e. The van der Waals surface area contributed by atoms with Crippen LogP contribution in [0.5, 0.6) is 0 Å². The van der Waals surface area contributed by atoms with Gasteiger partial charge < -0.3 is 11.1 Å². The quantitative estimate of drug-likeness (QED) is 0.872. The topological polar surface area (TPSA) is 55.1 Å². The van der Waals surface area contributed by atoms with Crippen LogP contribution in [0.4, 0.5) is 0 Å². The van der Waals surface area contributed by atoms with Gasteiger partial charge in [-0.2, -0.15) is 0 Å². The van der Waals surface area contributed by atoms with Gasteiger partial charge in [0.05, 0.1) is 0 Å². The van der Waals surface area contributed by atoms with E-state index in [0.29, 0.717) is 24.9 Å². The Kier molecular flexibility index (Phi) is 5.21. The van der Waals surface area contributed by atoms with E-state index in [1.807, 2.05) is 0 Å². The highest BCUT2D eigenvalue weighted by Crippen LogP contribution is 2.25. The van der Waals surface area contributed by atoms with Crippen LogP contribution in [0, 0.1) is 5.92 Å². The molecular formula is C13H19BrN2OS. The van der Waals surface area contributed by atoms with Crippen LogP contribution in [0.25, 0.3) is 0 Å². The van der Waals surface area contributed by atoms with Crippen molar-refractivity contribution in [3.05, 3.63) is 20.8 Å². The Morgan fingerprint density at radius 3 is 3.06 bits per heavy atom. The highest BCUT2D eigenvalue weighted by Gasteiger charge is 2.26. The van der Waals surface area contributed by atoms with Gasteiger partial charge in [0.1, 0.15) is 0 Å². The Morgan fingerprint density at radius 1 is 1.56 bits per heavy atom. The molecule has 0 aromatic carbocycles. The third-order valence-corrected chi connectivity index (χ3v) is 5.29. The summed E-state index contributed by atoms with van der Waals surface area (Å²) in [6.07, 6.45) is 4.81. The molecule has 0 aliphatic heterocycles. The summed E-state index contributed by atoms with van der Waals surface area (Å²) in [7, 11) is 0. The van der Waals surface area contributed by atoms with E-state index in [4.69, 9.17) is 5.73 Å². The number of nitrogens with two attached hydrogens (primary N) is 1. The number of carbonyl (C=O) groups excluding carboxylic acids is 1. The molecule has 1 fully saturated rings. The highest BCUT2D eigenvalue weighted by molar-refractivity contribution is 9.10. The van der Waals surface area contributed by atoms with Gasteiger partial charge in [-0.05, 0) is 53.7 Å². The van der Waals surface area contributed by atoms with Crippen LogP contribution in [-0.2, 0) is 11.2 Å². The molecule has 0 saturated heterocycles. The molecule has 1 saturated carbocycles. The summed E-state index contributed by atoms with van der Waals surface area (Å²) in [5.74, 6) is 0.634. The number of rotatable bonds is 5. The SMILES string of the molecule is NCC1CCCC1NC(=O)CCc1cc(Br)cs1. The predicted molar refractivity (Wildman–Crippen MR) is 78.7 cm³/mol. The van der Waals surface area contributed by atoms with Crippen LogP contribution in [-0.4, -0.2) is 18.5 Å². The lowest BCUT2D eigenvalue weighted by atomic mass is 10.0. The molecule has 2 atom stereocenters. The number of amides is 1. The molecule has 1 amide bonds. The van der Waals surface area contributed by atoms with E-state index in [1.165, 1.54) is 11.3 Å². The molecule has 1 aromatic rings. The zero-order valence-electron chi connectivity index (χ0n) is 10.3. The van der Waals surface area contributed by atoms with Crippen molar-refractivity contribution >= 4 is 33.2 Å². The van der Waals surface area contributed by atoms with Crippen molar-refractivity contribution in [1.29, 1.82) is 0 Å². The second-order valence-corrected chi connectivity index (χ2v) is 6.74. The summed E-state index contributed by atoms with van der Waals surface area (Å²) in [4.78, 5) is 13.1. The van der Waals surface area contributed by atoms with Gasteiger partial charge >= 0.3 is 0 Å². The van der Waals surface area contributed by atoms with Crippen LogP contribution in [0.1, 0.15) is 30.6 Å². The maximum absolute atomic E-state index is 11.9. The first kappa shape index (κ1) is 14.0. The minimum Gasteiger partial charge on any atom is -0.353 e. The zero-order valence-corrected chi connectivity index (χ0v) is 12.7. The first-order chi connectivity index (χ1) is 8.69. The Labute approximate surface area is 120 Å². The molecule has 100 valence electrons. The summed E-state index contributed by atoms with van der Waals surface area (Å²) < 4.78 is 1.10. The summed E-state index contributed by atoms with van der Waals surface area (Å²) in [6.45, 7) is 0.683. The van der Waals surface area contributed by atoms with Gasteiger partial charge in [-0.1, -0.05) is 6.42 Å². The summed E-state index contributed by atoms with van der Waals surface area (Å²) in [6, 6.07) is 2.38. The zero-order chi connectivity index (χ0) is 13.0. The fourth-order valence-electron chi connectivity index (χ4n) is 2.51. The fraction of sp³-hybridized carbons (Fsp3) is 0.615. The lowest BCUT2D eigenvalue weighted by Crippen LogP contribution is -2.39. The maximum atomic E-state index is 11.9. The first-order valence-corrected chi connectivity index (χ1v) is 8.08. The van der Waals surface area contributed by atoms with Gasteiger partial charge in [0, 0.05) is 27.2 Å². The summed E-state index contributed by atoms with van der Waals surface area (Å²) in [5, 5.41) is 5.18. The van der Waals surface area contributed by atoms with Crippen LogP contribution >= 0.6 is 27.3 Å². The average Bonchev–Trinajstić information content (AvgIpc) is 2.95. The van der Waals surface area contributed by atoms with Crippen molar-refractivity contribution in [2.45, 2.75) is 38.1 Å². The molecule has 1 aliphatic rings. The molecule has 2 unspecified atom stereocenters. The standard InChI is InChI=1S/C13H19BrN2OS/c14-10-6-11(18-8-10)4-5-13(17)16-12-3-1-2-9(12)7-15/h6,8-9,12H,1-5,7,15H2,(H,16,17). The normalized spacial score (nSPS) is 23.2. The molecule has 2 rings (SSSR count). The van der Waals surface area contributed by atoms with Crippen molar-refractivity contribution in [2.75, 3.05) is 6.54 Å². The maximum Gasteiger partial charge on any atom is 0.220 e. The molecular weight excluding hydrogens is 312 g/mol. The van der Waals surface area contributed by atoms with Gasteiger partial charge in [-0.3, -0.25) is 4.79 Å². The molecule has 0 bridgehead atoms. The number of thiophene rings is 1. The number of hydrogen-bond donors (Lipinski definition) is 2. The van der Waals surface area contributed by atoms with Crippen molar-refractivity contribution in [3.8, 4) is 0 Å². The van der Waals surface area contributed by atoms with Crippen molar-refractivity contribution in [2.24, 2.45) is 11.7 Å². The summed E-state index contributed by atoms with van der Waals surface area (Å²) in [5.41, 5.74) is 5.71. The first-order valence-electron chi connectivity index (χ1n) is 6.41. The molecule has 1 heterocycles. The van der Waals surface area contributed by atoms with E-state index in [1.54, 1.807) is 11.3 Å². The monoisotopic (exact) mass is 330 g/mol. The van der Waals surface area contributed by atoms with E-state index in [-0.39, 0.29) is 5.91 Å². The Balaban J connectivity index is 1.75. The molecule has 18 heavy (non-hydrogen) atoms. The molecule has 5 heteroatoms. The van der Waals surface area contributed by atoms with Gasteiger partial charge in [0.15, 0.2) is 0 Å². The predicted octanol–water partition coefficient (Wildman–Crippen LogP) is 2.69. The number of aryl methyl sites for hydroxylation is 1. The Morgan fingerprint density at radius 2 is 2.39 bits per heavy atom. The van der Waals surface area contributed by atoms with Gasteiger partial charge in [0.25, 0.3) is 0 Å². The fourth-order valence-corrected chi connectivity index (χ4v) is 3.96. The number of nitrogens with one attached hydrogen (secondary N) is 1. The minimum atomic E-state index is 0.157. The second-order valence-electron chi connectivity index (χ2n) is 4.83. The van der Waals surface area contributed by atoms with Crippen LogP contribution in [0.2, 0.25) is 0 Å². The molecule has 1 aliphatic carbocycles. The molecule has 1 aromatic heterocycles. The Bertz CT molecular complexity index is 407. The van der Waals surface area contributed by atoms with Crippen molar-refractivity contribution in [1.82, 2.24) is 5.32 Å². The lowest BCUT2D eigenvalue weighted by molar-refractivity contribution is -0.121. The second kappa shape index (κ2) is 6.68. The van der Waals surface area contributed by atoms with Crippen molar-refractivity contribution in [3.63, 3.8) is 0 Å². The van der Waals surface area contributed by atoms with E-state index in [0.717, 1.165) is 23.7 Å². The highest BCUT2D eigenvalue weighted by atomic mass is 79.9. The molecule has 0 radical (unpaired) electrons. The molecule has 3 N–H and O–H groups in total. The van der Waals surface area contributed by atoms with Crippen LogP contribution in [0.15, 0.2) is 15.9 Å². The third kappa shape index (κ3) is 3.80. The summed E-state index contributed by atoms with van der Waals surface area (Å²) >= 11 is 5.12. The van der Waals surface area contributed by atoms with Crippen molar-refractivity contribution < 1.29 is 4.79 Å². The van der Waals surface area contributed by atoms with Gasteiger partial charge in [-0.15, -0.1) is 11.3 Å². The van der Waals surface area contributed by atoms with Gasteiger partial charge in [-0.25, -0.2) is 0 Å². The van der Waals surface area contributed by atoms with E-state index < -0.39 is 0 Å². The number of carbonyl (C=O) groups is 1. The van der Waals surface area contributed by atoms with E-state index >= 15 is 0 Å². The van der Waals surface area contributed by atoms with E-state index in [2.05, 4.69) is 32.7 Å².